The van der Waals surface area contributed by atoms with Gasteiger partial charge < -0.3 is 10.2 Å². The molecular formula is C16H23N3OS. The van der Waals surface area contributed by atoms with Crippen LogP contribution in [0.3, 0.4) is 0 Å². The highest BCUT2D eigenvalue weighted by Gasteiger charge is 2.16. The van der Waals surface area contributed by atoms with Gasteiger partial charge in [-0.15, -0.1) is 18.3 Å². The molecule has 1 amide bonds. The molecular weight excluding hydrogens is 282 g/mol. The Kier molecular flexibility index (Phi) is 6.11. The van der Waals surface area contributed by atoms with E-state index in [0.717, 1.165) is 36.3 Å². The molecule has 5 heteroatoms. The molecule has 1 fully saturated rings. The Bertz CT molecular complexity index is 467. The fraction of sp³-hybridized carbons (Fsp3) is 0.500. The van der Waals surface area contributed by atoms with Gasteiger partial charge in [0.25, 0.3) is 0 Å². The molecule has 0 radical (unpaired) electrons. The SMILES string of the molecule is C=CCSCC(=O)Nc1ccc(N2CCC(C)CC2)nc1. The summed E-state index contributed by atoms with van der Waals surface area (Å²) >= 11 is 1.55. The highest BCUT2D eigenvalue weighted by Crippen LogP contribution is 2.22. The van der Waals surface area contributed by atoms with Gasteiger partial charge in [-0.3, -0.25) is 4.79 Å². The van der Waals surface area contributed by atoms with Gasteiger partial charge in [0.2, 0.25) is 5.91 Å². The van der Waals surface area contributed by atoms with E-state index >= 15 is 0 Å². The highest BCUT2D eigenvalue weighted by atomic mass is 32.2. The topological polar surface area (TPSA) is 45.2 Å². The van der Waals surface area contributed by atoms with E-state index in [1.165, 1.54) is 12.8 Å². The van der Waals surface area contributed by atoms with Crippen LogP contribution in [0.4, 0.5) is 11.5 Å². The predicted molar refractivity (Wildman–Crippen MR) is 91.0 cm³/mol. The molecule has 0 bridgehead atoms. The Morgan fingerprint density at radius 2 is 2.29 bits per heavy atom. The van der Waals surface area contributed by atoms with E-state index < -0.39 is 0 Å². The van der Waals surface area contributed by atoms with Gasteiger partial charge in [0, 0.05) is 18.8 Å². The van der Waals surface area contributed by atoms with Crippen LogP contribution in [0, 0.1) is 5.92 Å². The minimum Gasteiger partial charge on any atom is -0.357 e. The van der Waals surface area contributed by atoms with Crippen LogP contribution in [-0.4, -0.2) is 35.5 Å². The van der Waals surface area contributed by atoms with Crippen LogP contribution in [0.15, 0.2) is 31.0 Å². The van der Waals surface area contributed by atoms with Crippen molar-refractivity contribution in [3.8, 4) is 0 Å². The Labute approximate surface area is 131 Å². The number of aromatic nitrogens is 1. The lowest BCUT2D eigenvalue weighted by molar-refractivity contribution is -0.113. The number of thioether (sulfide) groups is 1. The van der Waals surface area contributed by atoms with Gasteiger partial charge in [-0.2, -0.15) is 0 Å². The second-order valence-corrected chi connectivity index (χ2v) is 6.46. The number of amides is 1. The minimum atomic E-state index is 0.00296. The molecule has 1 aliphatic rings. The summed E-state index contributed by atoms with van der Waals surface area (Å²) in [6.07, 6.45) is 5.98. The molecule has 0 spiro atoms. The lowest BCUT2D eigenvalue weighted by atomic mass is 9.99. The van der Waals surface area contributed by atoms with E-state index in [4.69, 9.17) is 0 Å². The van der Waals surface area contributed by atoms with Gasteiger partial charge in [-0.1, -0.05) is 13.0 Å². The second kappa shape index (κ2) is 8.08. The van der Waals surface area contributed by atoms with E-state index in [2.05, 4.69) is 28.7 Å². The monoisotopic (exact) mass is 305 g/mol. The average Bonchev–Trinajstić information content (AvgIpc) is 2.49. The van der Waals surface area contributed by atoms with Crippen molar-refractivity contribution in [2.45, 2.75) is 19.8 Å². The van der Waals surface area contributed by atoms with Crippen molar-refractivity contribution in [1.82, 2.24) is 4.98 Å². The van der Waals surface area contributed by atoms with Crippen LogP contribution in [0.2, 0.25) is 0 Å². The molecule has 21 heavy (non-hydrogen) atoms. The van der Waals surface area contributed by atoms with Crippen LogP contribution in [0.25, 0.3) is 0 Å². The molecule has 2 heterocycles. The third-order valence-electron chi connectivity index (χ3n) is 3.61. The number of anilines is 2. The molecule has 0 aromatic carbocycles. The van der Waals surface area contributed by atoms with Crippen molar-refractivity contribution in [1.29, 1.82) is 0 Å². The molecule has 0 saturated carbocycles. The Hall–Kier alpha value is -1.49. The number of rotatable bonds is 6. The summed E-state index contributed by atoms with van der Waals surface area (Å²) in [7, 11) is 0. The number of carbonyl (C=O) groups is 1. The van der Waals surface area contributed by atoms with Crippen molar-refractivity contribution in [3.05, 3.63) is 31.0 Å². The van der Waals surface area contributed by atoms with Crippen molar-refractivity contribution < 1.29 is 4.79 Å². The second-order valence-electron chi connectivity index (χ2n) is 5.43. The summed E-state index contributed by atoms with van der Waals surface area (Å²) in [4.78, 5) is 18.5. The van der Waals surface area contributed by atoms with E-state index in [1.54, 1.807) is 24.0 Å². The molecule has 0 unspecified atom stereocenters. The first kappa shape index (κ1) is 15.9. The van der Waals surface area contributed by atoms with Crippen molar-refractivity contribution in [2.75, 3.05) is 34.8 Å². The van der Waals surface area contributed by atoms with Gasteiger partial charge in [0.1, 0.15) is 5.82 Å². The standard InChI is InChI=1S/C16H23N3OS/c1-3-10-21-12-16(20)18-14-4-5-15(17-11-14)19-8-6-13(2)7-9-19/h3-5,11,13H,1,6-10,12H2,2H3,(H,18,20). The van der Waals surface area contributed by atoms with Crippen LogP contribution in [0.5, 0.6) is 0 Å². The minimum absolute atomic E-state index is 0.00296. The molecule has 1 saturated heterocycles. The summed E-state index contributed by atoms with van der Waals surface area (Å²) in [6.45, 7) is 8.07. The van der Waals surface area contributed by atoms with E-state index in [-0.39, 0.29) is 5.91 Å². The van der Waals surface area contributed by atoms with Gasteiger partial charge in [0.15, 0.2) is 0 Å². The molecule has 1 aromatic heterocycles. The van der Waals surface area contributed by atoms with Crippen LogP contribution >= 0.6 is 11.8 Å². The number of nitrogens with zero attached hydrogens (tertiary/aromatic N) is 2. The number of hydrogen-bond acceptors (Lipinski definition) is 4. The Morgan fingerprint density at radius 1 is 1.52 bits per heavy atom. The lowest BCUT2D eigenvalue weighted by Crippen LogP contribution is -2.33. The third kappa shape index (κ3) is 5.08. The number of hydrogen-bond donors (Lipinski definition) is 1. The molecule has 2 rings (SSSR count). The van der Waals surface area contributed by atoms with Gasteiger partial charge >= 0.3 is 0 Å². The number of piperidine rings is 1. The fourth-order valence-electron chi connectivity index (χ4n) is 2.32. The van der Waals surface area contributed by atoms with Crippen molar-refractivity contribution in [3.63, 3.8) is 0 Å². The highest BCUT2D eigenvalue weighted by molar-refractivity contribution is 8.00. The molecule has 4 nitrogen and oxygen atoms in total. The van der Waals surface area contributed by atoms with Gasteiger partial charge in [0.05, 0.1) is 17.6 Å². The first-order valence-corrected chi connectivity index (χ1v) is 8.54. The normalized spacial score (nSPS) is 15.8. The van der Waals surface area contributed by atoms with Crippen LogP contribution in [0.1, 0.15) is 19.8 Å². The Morgan fingerprint density at radius 3 is 2.90 bits per heavy atom. The van der Waals surface area contributed by atoms with Gasteiger partial charge in [-0.25, -0.2) is 4.98 Å². The summed E-state index contributed by atoms with van der Waals surface area (Å²) in [6, 6.07) is 3.92. The largest absolute Gasteiger partial charge is 0.357 e. The van der Waals surface area contributed by atoms with E-state index in [9.17, 15) is 4.79 Å². The zero-order valence-corrected chi connectivity index (χ0v) is 13.4. The third-order valence-corrected chi connectivity index (χ3v) is 4.55. The summed E-state index contributed by atoms with van der Waals surface area (Å²) in [5.74, 6) is 3.05. The number of nitrogens with one attached hydrogen (secondary N) is 1. The molecule has 1 aliphatic heterocycles. The maximum absolute atomic E-state index is 11.7. The van der Waals surface area contributed by atoms with Crippen molar-refractivity contribution in [2.24, 2.45) is 5.92 Å². The fourth-order valence-corrected chi connectivity index (χ4v) is 2.86. The Balaban J connectivity index is 1.84. The smallest absolute Gasteiger partial charge is 0.234 e. The summed E-state index contributed by atoms with van der Waals surface area (Å²) in [5.41, 5.74) is 0.758. The number of carbonyl (C=O) groups excluding carboxylic acids is 1. The first-order chi connectivity index (χ1) is 10.2. The average molecular weight is 305 g/mol. The van der Waals surface area contributed by atoms with E-state index in [1.807, 2.05) is 12.1 Å². The molecule has 114 valence electrons. The summed E-state index contributed by atoms with van der Waals surface area (Å²) in [5, 5.41) is 2.86. The maximum atomic E-state index is 11.7. The quantitative estimate of drug-likeness (QED) is 0.647. The van der Waals surface area contributed by atoms with Crippen LogP contribution < -0.4 is 10.2 Å². The maximum Gasteiger partial charge on any atom is 0.234 e. The number of pyridine rings is 1. The van der Waals surface area contributed by atoms with E-state index in [0.29, 0.717) is 5.75 Å². The van der Waals surface area contributed by atoms with Crippen LogP contribution in [-0.2, 0) is 4.79 Å². The van der Waals surface area contributed by atoms with Gasteiger partial charge in [-0.05, 0) is 30.9 Å². The zero-order valence-electron chi connectivity index (χ0n) is 12.5. The molecule has 0 aliphatic carbocycles. The summed E-state index contributed by atoms with van der Waals surface area (Å²) < 4.78 is 0. The lowest BCUT2D eigenvalue weighted by Gasteiger charge is -2.31. The zero-order chi connectivity index (χ0) is 15.1. The predicted octanol–water partition coefficient (Wildman–Crippen LogP) is 3.18. The first-order valence-electron chi connectivity index (χ1n) is 7.38. The van der Waals surface area contributed by atoms with Crippen molar-refractivity contribution >= 4 is 29.2 Å². The molecule has 1 N–H and O–H groups in total. The molecule has 1 aromatic rings. The molecule has 0 atom stereocenters.